The molecule has 0 saturated heterocycles. The standard InChI is InChI=1S/C22H27ClN4O2S.3ClH/c1-27(13-4-5-17-8-10-19(15-24)25-16-17)14-12-26-30(28,29)21-11-9-18-6-2-3-7-20(18)22(21)23;;;/h2-3,6-11,16,26H,4-5,12-15,24H2,1H3;3*1H. The first-order valence-corrected chi connectivity index (χ1v) is 11.8. The Morgan fingerprint density at radius 2 is 1.76 bits per heavy atom. The molecule has 0 radical (unpaired) electrons. The molecule has 0 saturated carbocycles. The van der Waals surface area contributed by atoms with Crippen LogP contribution in [-0.2, 0) is 23.0 Å². The quantitative estimate of drug-likeness (QED) is 0.385. The second-order valence-electron chi connectivity index (χ2n) is 7.27. The van der Waals surface area contributed by atoms with E-state index in [2.05, 4.69) is 20.7 Å². The number of aryl methyl sites for hydroxylation is 1. The molecule has 2 aromatic carbocycles. The first kappa shape index (κ1) is 31.8. The van der Waals surface area contributed by atoms with Gasteiger partial charge in [0.05, 0.1) is 10.7 Å². The van der Waals surface area contributed by atoms with E-state index in [4.69, 9.17) is 17.3 Å². The van der Waals surface area contributed by atoms with Crippen molar-refractivity contribution in [1.29, 1.82) is 0 Å². The Bertz CT molecular complexity index is 1100. The van der Waals surface area contributed by atoms with Crippen LogP contribution in [0.3, 0.4) is 0 Å². The molecule has 1 aromatic heterocycles. The van der Waals surface area contributed by atoms with Gasteiger partial charge in [0, 0.05) is 31.2 Å². The van der Waals surface area contributed by atoms with Gasteiger partial charge in [-0.2, -0.15) is 0 Å². The Morgan fingerprint density at radius 1 is 1.03 bits per heavy atom. The molecular weight excluding hydrogens is 526 g/mol. The van der Waals surface area contributed by atoms with Crippen molar-refractivity contribution in [2.45, 2.75) is 24.3 Å². The Kier molecular flexibility index (Phi) is 14.4. The van der Waals surface area contributed by atoms with Crippen molar-refractivity contribution in [2.75, 3.05) is 26.7 Å². The van der Waals surface area contributed by atoms with Gasteiger partial charge in [-0.3, -0.25) is 4.98 Å². The van der Waals surface area contributed by atoms with E-state index >= 15 is 0 Å². The van der Waals surface area contributed by atoms with Gasteiger partial charge in [0.2, 0.25) is 10.0 Å². The Morgan fingerprint density at radius 3 is 2.42 bits per heavy atom. The van der Waals surface area contributed by atoms with Crippen LogP contribution in [0, 0.1) is 0 Å². The Labute approximate surface area is 219 Å². The third-order valence-electron chi connectivity index (χ3n) is 5.00. The zero-order valence-corrected chi connectivity index (χ0v) is 22.3. The summed E-state index contributed by atoms with van der Waals surface area (Å²) in [6, 6.07) is 14.8. The average Bonchev–Trinajstić information content (AvgIpc) is 2.74. The number of rotatable bonds is 10. The first-order chi connectivity index (χ1) is 14.4. The maximum atomic E-state index is 12.7. The lowest BCUT2D eigenvalue weighted by Crippen LogP contribution is -2.33. The van der Waals surface area contributed by atoms with Crippen molar-refractivity contribution in [3.8, 4) is 0 Å². The third kappa shape index (κ3) is 8.85. The van der Waals surface area contributed by atoms with Gasteiger partial charge < -0.3 is 10.6 Å². The molecule has 0 amide bonds. The number of likely N-dealkylation sites (N-methyl/N-ethyl adjacent to an activating group) is 1. The van der Waals surface area contributed by atoms with Crippen molar-refractivity contribution in [3.05, 3.63) is 71.0 Å². The minimum Gasteiger partial charge on any atom is -0.325 e. The molecule has 0 aliphatic heterocycles. The molecule has 0 aliphatic carbocycles. The fraction of sp³-hybridized carbons (Fsp3) is 0.318. The predicted molar refractivity (Wildman–Crippen MR) is 144 cm³/mol. The zero-order valence-electron chi connectivity index (χ0n) is 18.2. The van der Waals surface area contributed by atoms with Gasteiger partial charge in [0.15, 0.2) is 0 Å². The van der Waals surface area contributed by atoms with E-state index in [-0.39, 0.29) is 47.1 Å². The highest BCUT2D eigenvalue weighted by atomic mass is 35.5. The molecule has 11 heteroatoms. The fourth-order valence-corrected chi connectivity index (χ4v) is 4.91. The van der Waals surface area contributed by atoms with E-state index in [1.165, 1.54) is 5.56 Å². The van der Waals surface area contributed by atoms with Gasteiger partial charge in [0.25, 0.3) is 0 Å². The number of halogens is 4. The lowest BCUT2D eigenvalue weighted by Gasteiger charge is -2.17. The average molecular weight is 556 g/mol. The van der Waals surface area contributed by atoms with Crippen LogP contribution in [0.4, 0.5) is 0 Å². The number of benzene rings is 2. The monoisotopic (exact) mass is 554 g/mol. The van der Waals surface area contributed by atoms with Crippen LogP contribution in [-0.4, -0.2) is 45.0 Å². The van der Waals surface area contributed by atoms with Gasteiger partial charge >= 0.3 is 0 Å². The smallest absolute Gasteiger partial charge is 0.242 e. The largest absolute Gasteiger partial charge is 0.325 e. The molecule has 0 fully saturated rings. The summed E-state index contributed by atoms with van der Waals surface area (Å²) >= 11 is 6.37. The maximum Gasteiger partial charge on any atom is 0.242 e. The zero-order chi connectivity index (χ0) is 21.6. The normalized spacial score (nSPS) is 10.9. The lowest BCUT2D eigenvalue weighted by molar-refractivity contribution is 0.334. The second-order valence-corrected chi connectivity index (χ2v) is 9.38. The highest BCUT2D eigenvalue weighted by Gasteiger charge is 2.19. The van der Waals surface area contributed by atoms with Crippen molar-refractivity contribution in [1.82, 2.24) is 14.6 Å². The van der Waals surface area contributed by atoms with Crippen molar-refractivity contribution < 1.29 is 8.42 Å². The van der Waals surface area contributed by atoms with Crippen LogP contribution in [0.2, 0.25) is 5.02 Å². The van der Waals surface area contributed by atoms with Crippen LogP contribution in [0.5, 0.6) is 0 Å². The highest BCUT2D eigenvalue weighted by Crippen LogP contribution is 2.30. The molecule has 0 aliphatic rings. The van der Waals surface area contributed by atoms with Crippen LogP contribution in [0.15, 0.2) is 59.6 Å². The number of nitrogens with one attached hydrogen (secondary N) is 1. The number of nitrogens with two attached hydrogens (primary N) is 1. The Hall–Kier alpha value is -1.16. The van der Waals surface area contributed by atoms with E-state index in [1.54, 1.807) is 12.1 Å². The van der Waals surface area contributed by atoms with Gasteiger partial charge in [0.1, 0.15) is 4.90 Å². The molecule has 6 nitrogen and oxygen atoms in total. The van der Waals surface area contributed by atoms with Gasteiger partial charge in [-0.05, 0) is 49.5 Å². The number of hydrogen-bond donors (Lipinski definition) is 2. The second kappa shape index (κ2) is 15.0. The van der Waals surface area contributed by atoms with Gasteiger partial charge in [-0.15, -0.1) is 37.2 Å². The molecule has 3 rings (SSSR count). The molecule has 0 unspecified atom stereocenters. The van der Waals surface area contributed by atoms with E-state index in [1.807, 2.05) is 43.6 Å². The molecule has 3 N–H and O–H groups in total. The molecular formula is C22H30Cl4N4O2S. The topological polar surface area (TPSA) is 88.3 Å². The number of fused-ring (bicyclic) bond motifs is 1. The summed E-state index contributed by atoms with van der Waals surface area (Å²) in [5.74, 6) is 0. The number of sulfonamides is 1. The van der Waals surface area contributed by atoms with Crippen LogP contribution >= 0.6 is 48.8 Å². The Balaban J connectivity index is 0.00000341. The molecule has 184 valence electrons. The van der Waals surface area contributed by atoms with E-state index in [0.717, 1.165) is 35.9 Å². The molecule has 1 heterocycles. The first-order valence-electron chi connectivity index (χ1n) is 9.90. The number of pyridine rings is 1. The summed E-state index contributed by atoms with van der Waals surface area (Å²) in [4.78, 5) is 6.51. The van der Waals surface area contributed by atoms with Crippen LogP contribution in [0.1, 0.15) is 17.7 Å². The van der Waals surface area contributed by atoms with Crippen LogP contribution in [0.25, 0.3) is 10.8 Å². The van der Waals surface area contributed by atoms with E-state index in [0.29, 0.717) is 19.6 Å². The van der Waals surface area contributed by atoms with Gasteiger partial charge in [-0.25, -0.2) is 13.1 Å². The lowest BCUT2D eigenvalue weighted by atomic mass is 10.1. The number of hydrogen-bond acceptors (Lipinski definition) is 5. The van der Waals surface area contributed by atoms with Crippen molar-refractivity contribution in [3.63, 3.8) is 0 Å². The molecule has 3 aromatic rings. The number of aromatic nitrogens is 1. The summed E-state index contributed by atoms with van der Waals surface area (Å²) in [6.45, 7) is 2.23. The van der Waals surface area contributed by atoms with Gasteiger partial charge in [-0.1, -0.05) is 48.0 Å². The minimum absolute atomic E-state index is 0. The molecule has 0 spiro atoms. The summed E-state index contributed by atoms with van der Waals surface area (Å²) in [5, 5.41) is 1.89. The predicted octanol–water partition coefficient (Wildman–Crippen LogP) is 4.46. The molecule has 0 bridgehead atoms. The fourth-order valence-electron chi connectivity index (χ4n) is 3.26. The number of nitrogens with zero attached hydrogens (tertiary/aromatic N) is 2. The van der Waals surface area contributed by atoms with Crippen LogP contribution < -0.4 is 10.5 Å². The van der Waals surface area contributed by atoms with Crippen molar-refractivity contribution >= 4 is 69.6 Å². The summed E-state index contributed by atoms with van der Waals surface area (Å²) in [5.41, 5.74) is 7.62. The van der Waals surface area contributed by atoms with E-state index in [9.17, 15) is 8.42 Å². The summed E-state index contributed by atoms with van der Waals surface area (Å²) in [6.07, 6.45) is 3.74. The summed E-state index contributed by atoms with van der Waals surface area (Å²) in [7, 11) is -1.70. The molecule has 33 heavy (non-hydrogen) atoms. The highest BCUT2D eigenvalue weighted by molar-refractivity contribution is 7.89. The third-order valence-corrected chi connectivity index (χ3v) is 7.03. The SMILES string of the molecule is CN(CCCc1ccc(CN)nc1)CCNS(=O)(=O)c1ccc2ccccc2c1Cl.Cl.Cl.Cl. The van der Waals surface area contributed by atoms with E-state index < -0.39 is 10.0 Å². The molecule has 0 atom stereocenters. The van der Waals surface area contributed by atoms with Crippen molar-refractivity contribution in [2.24, 2.45) is 5.73 Å². The summed E-state index contributed by atoms with van der Waals surface area (Å²) < 4.78 is 28.1. The minimum atomic E-state index is -3.68. The maximum absolute atomic E-state index is 12.7.